The van der Waals surface area contributed by atoms with Gasteiger partial charge in [-0.25, -0.2) is 0 Å². The van der Waals surface area contributed by atoms with Crippen molar-refractivity contribution >= 4 is 34.8 Å². The standard InChI is InChI=1S/C20H23Cl2N3O2/c21-16-5-7-17(8-6-16)27-14-9-23-20(26)15-24-10-12-25(13-11-24)19-4-2-1-3-18(19)22/h1-8H,9-15H2,(H,23,26). The maximum Gasteiger partial charge on any atom is 0.234 e. The molecule has 1 fully saturated rings. The molecule has 1 heterocycles. The Morgan fingerprint density at radius 1 is 1.00 bits per heavy atom. The van der Waals surface area contributed by atoms with Gasteiger partial charge in [0.05, 0.1) is 23.8 Å². The Morgan fingerprint density at radius 3 is 2.41 bits per heavy atom. The summed E-state index contributed by atoms with van der Waals surface area (Å²) in [6.45, 7) is 4.68. The number of nitrogens with one attached hydrogen (secondary N) is 1. The molecule has 0 bridgehead atoms. The van der Waals surface area contributed by atoms with Gasteiger partial charge in [0.1, 0.15) is 12.4 Å². The van der Waals surface area contributed by atoms with E-state index >= 15 is 0 Å². The lowest BCUT2D eigenvalue weighted by atomic mass is 10.2. The van der Waals surface area contributed by atoms with Crippen molar-refractivity contribution in [3.8, 4) is 5.75 Å². The van der Waals surface area contributed by atoms with E-state index in [2.05, 4.69) is 15.1 Å². The first kappa shape index (κ1) is 19.8. The smallest absolute Gasteiger partial charge is 0.234 e. The monoisotopic (exact) mass is 407 g/mol. The lowest BCUT2D eigenvalue weighted by Gasteiger charge is -2.36. The number of carbonyl (C=O) groups excluding carboxylic acids is 1. The predicted octanol–water partition coefficient (Wildman–Crippen LogP) is 3.31. The molecule has 0 saturated carbocycles. The molecule has 144 valence electrons. The summed E-state index contributed by atoms with van der Waals surface area (Å²) >= 11 is 12.1. The van der Waals surface area contributed by atoms with Gasteiger partial charge in [0.2, 0.25) is 5.91 Å². The van der Waals surface area contributed by atoms with E-state index in [1.54, 1.807) is 12.1 Å². The summed E-state index contributed by atoms with van der Waals surface area (Å²) in [6.07, 6.45) is 0. The van der Waals surface area contributed by atoms with Crippen LogP contribution < -0.4 is 15.0 Å². The molecule has 1 aliphatic rings. The first-order chi connectivity index (χ1) is 13.1. The quantitative estimate of drug-likeness (QED) is 0.715. The molecule has 2 aromatic carbocycles. The second kappa shape index (κ2) is 9.83. The lowest BCUT2D eigenvalue weighted by molar-refractivity contribution is -0.122. The average molecular weight is 408 g/mol. The Balaban J connectivity index is 1.33. The Morgan fingerprint density at radius 2 is 1.70 bits per heavy atom. The normalized spacial score (nSPS) is 14.8. The van der Waals surface area contributed by atoms with Crippen molar-refractivity contribution in [1.82, 2.24) is 10.2 Å². The van der Waals surface area contributed by atoms with Gasteiger partial charge in [0.25, 0.3) is 0 Å². The van der Waals surface area contributed by atoms with Gasteiger partial charge in [0, 0.05) is 31.2 Å². The molecule has 27 heavy (non-hydrogen) atoms. The molecule has 7 heteroatoms. The molecule has 0 atom stereocenters. The number of piperazine rings is 1. The SMILES string of the molecule is O=C(CN1CCN(c2ccccc2Cl)CC1)NCCOc1ccc(Cl)cc1. The molecule has 2 aromatic rings. The zero-order chi connectivity index (χ0) is 19.1. The summed E-state index contributed by atoms with van der Waals surface area (Å²) in [5.74, 6) is 0.755. The number of rotatable bonds is 7. The highest BCUT2D eigenvalue weighted by Crippen LogP contribution is 2.25. The minimum atomic E-state index is 0.0147. The number of carbonyl (C=O) groups is 1. The van der Waals surface area contributed by atoms with Crippen molar-refractivity contribution < 1.29 is 9.53 Å². The lowest BCUT2D eigenvalue weighted by Crippen LogP contribution is -2.49. The summed E-state index contributed by atoms with van der Waals surface area (Å²) < 4.78 is 5.57. The first-order valence-corrected chi connectivity index (χ1v) is 9.74. The number of anilines is 1. The molecule has 1 amide bonds. The van der Waals surface area contributed by atoms with E-state index in [0.29, 0.717) is 24.7 Å². The van der Waals surface area contributed by atoms with Crippen LogP contribution >= 0.6 is 23.2 Å². The molecule has 0 aliphatic carbocycles. The van der Waals surface area contributed by atoms with E-state index in [-0.39, 0.29) is 5.91 Å². The van der Waals surface area contributed by atoms with Crippen LogP contribution in [-0.4, -0.2) is 56.7 Å². The van der Waals surface area contributed by atoms with Crippen molar-refractivity contribution in [1.29, 1.82) is 0 Å². The van der Waals surface area contributed by atoms with Gasteiger partial charge in [-0.15, -0.1) is 0 Å². The third-order valence-electron chi connectivity index (χ3n) is 4.44. The average Bonchev–Trinajstić information content (AvgIpc) is 2.68. The fourth-order valence-corrected chi connectivity index (χ4v) is 3.39. The second-order valence-corrected chi connectivity index (χ2v) is 7.21. The van der Waals surface area contributed by atoms with E-state index in [4.69, 9.17) is 27.9 Å². The van der Waals surface area contributed by atoms with Crippen LogP contribution in [0.4, 0.5) is 5.69 Å². The molecule has 0 spiro atoms. The maximum absolute atomic E-state index is 12.1. The zero-order valence-corrected chi connectivity index (χ0v) is 16.5. The maximum atomic E-state index is 12.1. The Kier molecular flexibility index (Phi) is 7.21. The van der Waals surface area contributed by atoms with E-state index < -0.39 is 0 Å². The molecule has 0 radical (unpaired) electrons. The number of halogens is 2. The minimum absolute atomic E-state index is 0.0147. The van der Waals surface area contributed by atoms with Gasteiger partial charge in [-0.1, -0.05) is 35.3 Å². The van der Waals surface area contributed by atoms with Crippen molar-refractivity contribution in [2.24, 2.45) is 0 Å². The minimum Gasteiger partial charge on any atom is -0.492 e. The highest BCUT2D eigenvalue weighted by atomic mass is 35.5. The van der Waals surface area contributed by atoms with Crippen LogP contribution in [0.3, 0.4) is 0 Å². The molecule has 1 aliphatic heterocycles. The molecule has 0 aromatic heterocycles. The number of hydrogen-bond donors (Lipinski definition) is 1. The number of para-hydroxylation sites is 1. The summed E-state index contributed by atoms with van der Waals surface area (Å²) in [4.78, 5) is 16.5. The van der Waals surface area contributed by atoms with E-state index in [0.717, 1.165) is 42.6 Å². The largest absolute Gasteiger partial charge is 0.492 e. The van der Waals surface area contributed by atoms with Crippen LogP contribution in [0.5, 0.6) is 5.75 Å². The van der Waals surface area contributed by atoms with Crippen LogP contribution in [0.15, 0.2) is 48.5 Å². The molecule has 3 rings (SSSR count). The van der Waals surface area contributed by atoms with Crippen LogP contribution in [0.25, 0.3) is 0 Å². The van der Waals surface area contributed by atoms with Gasteiger partial charge in [-0.3, -0.25) is 9.69 Å². The Hall–Kier alpha value is -1.95. The second-order valence-electron chi connectivity index (χ2n) is 6.37. The van der Waals surface area contributed by atoms with E-state index in [1.807, 2.05) is 36.4 Å². The summed E-state index contributed by atoms with van der Waals surface area (Å²) in [6, 6.07) is 15.0. The Bertz CT molecular complexity index is 747. The van der Waals surface area contributed by atoms with Crippen LogP contribution in [0, 0.1) is 0 Å². The first-order valence-electron chi connectivity index (χ1n) is 8.99. The molecular weight excluding hydrogens is 385 g/mol. The van der Waals surface area contributed by atoms with Gasteiger partial charge < -0.3 is 15.0 Å². The fourth-order valence-electron chi connectivity index (χ4n) is 3.00. The third-order valence-corrected chi connectivity index (χ3v) is 5.01. The number of nitrogens with zero attached hydrogens (tertiary/aromatic N) is 2. The van der Waals surface area contributed by atoms with Crippen LogP contribution in [-0.2, 0) is 4.79 Å². The van der Waals surface area contributed by atoms with Crippen molar-refractivity contribution in [2.75, 3.05) is 50.8 Å². The highest BCUT2D eigenvalue weighted by Gasteiger charge is 2.20. The van der Waals surface area contributed by atoms with Gasteiger partial charge in [-0.05, 0) is 36.4 Å². The molecule has 1 saturated heterocycles. The summed E-state index contributed by atoms with van der Waals surface area (Å²) in [5, 5.41) is 4.34. The third kappa shape index (κ3) is 6.03. The van der Waals surface area contributed by atoms with Gasteiger partial charge in [-0.2, -0.15) is 0 Å². The molecular formula is C20H23Cl2N3O2. The van der Waals surface area contributed by atoms with E-state index in [9.17, 15) is 4.79 Å². The highest BCUT2D eigenvalue weighted by molar-refractivity contribution is 6.33. The molecule has 0 unspecified atom stereocenters. The predicted molar refractivity (Wildman–Crippen MR) is 110 cm³/mol. The zero-order valence-electron chi connectivity index (χ0n) is 15.0. The Labute approximate surface area is 169 Å². The number of ether oxygens (including phenoxy) is 1. The van der Waals surface area contributed by atoms with Gasteiger partial charge in [0.15, 0.2) is 0 Å². The van der Waals surface area contributed by atoms with Crippen molar-refractivity contribution in [3.05, 3.63) is 58.6 Å². The molecule has 1 N–H and O–H groups in total. The van der Waals surface area contributed by atoms with Crippen molar-refractivity contribution in [3.63, 3.8) is 0 Å². The van der Waals surface area contributed by atoms with E-state index in [1.165, 1.54) is 0 Å². The molecule has 5 nitrogen and oxygen atoms in total. The number of benzene rings is 2. The topological polar surface area (TPSA) is 44.8 Å². The number of hydrogen-bond acceptors (Lipinski definition) is 4. The fraction of sp³-hybridized carbons (Fsp3) is 0.350. The number of amides is 1. The van der Waals surface area contributed by atoms with Gasteiger partial charge >= 0.3 is 0 Å². The summed E-state index contributed by atoms with van der Waals surface area (Å²) in [5.41, 5.74) is 1.06. The van der Waals surface area contributed by atoms with Crippen molar-refractivity contribution in [2.45, 2.75) is 0 Å². The van der Waals surface area contributed by atoms with Crippen LogP contribution in [0.2, 0.25) is 10.0 Å². The van der Waals surface area contributed by atoms with Crippen LogP contribution in [0.1, 0.15) is 0 Å². The summed E-state index contributed by atoms with van der Waals surface area (Å²) in [7, 11) is 0.